The minimum Gasteiger partial charge on any atom is -0.478 e. The maximum atomic E-state index is 13.1. The summed E-state index contributed by atoms with van der Waals surface area (Å²) in [6.07, 6.45) is 2.39. The Morgan fingerprint density at radius 1 is 1.24 bits per heavy atom. The van der Waals surface area contributed by atoms with Crippen LogP contribution in [0.15, 0.2) is 46.9 Å². The maximum absolute atomic E-state index is 13.1. The van der Waals surface area contributed by atoms with Crippen molar-refractivity contribution in [2.24, 2.45) is 0 Å². The van der Waals surface area contributed by atoms with Crippen molar-refractivity contribution in [3.8, 4) is 11.5 Å². The second kappa shape index (κ2) is 6.74. The fourth-order valence-electron chi connectivity index (χ4n) is 1.57. The fraction of sp³-hybridized carbons (Fsp3) is 0. The van der Waals surface area contributed by atoms with Gasteiger partial charge in [0.25, 0.3) is 0 Å². The predicted octanol–water partition coefficient (Wildman–Crippen LogP) is 5.13. The number of hydrogen-bond acceptors (Lipinski definition) is 2. The molecule has 2 aromatic rings. The van der Waals surface area contributed by atoms with Gasteiger partial charge in [-0.05, 0) is 52.3 Å². The second-order valence-electron chi connectivity index (χ2n) is 4.03. The normalized spacial score (nSPS) is 10.8. The Labute approximate surface area is 133 Å². The lowest BCUT2D eigenvalue weighted by Gasteiger charge is -2.11. The third kappa shape index (κ3) is 4.31. The quantitative estimate of drug-likeness (QED) is 0.758. The fourth-order valence-corrected chi connectivity index (χ4v) is 2.17. The molecule has 2 aromatic carbocycles. The summed E-state index contributed by atoms with van der Waals surface area (Å²) in [5.41, 5.74) is 0.540. The molecule has 6 heteroatoms. The number of ether oxygens (including phenoxy) is 1. The molecule has 0 bridgehead atoms. The van der Waals surface area contributed by atoms with E-state index in [9.17, 15) is 9.18 Å². The molecule has 0 saturated heterocycles. The summed E-state index contributed by atoms with van der Waals surface area (Å²) < 4.78 is 19.2. The van der Waals surface area contributed by atoms with Crippen molar-refractivity contribution in [2.45, 2.75) is 0 Å². The van der Waals surface area contributed by atoms with E-state index in [0.29, 0.717) is 26.6 Å². The monoisotopic (exact) mass is 370 g/mol. The van der Waals surface area contributed by atoms with Crippen LogP contribution in [0.3, 0.4) is 0 Å². The van der Waals surface area contributed by atoms with E-state index in [4.69, 9.17) is 21.4 Å². The lowest BCUT2D eigenvalue weighted by molar-refractivity contribution is -0.131. The molecule has 3 nitrogen and oxygen atoms in total. The average Bonchev–Trinajstić information content (AvgIpc) is 2.41. The zero-order chi connectivity index (χ0) is 15.4. The van der Waals surface area contributed by atoms with Gasteiger partial charge in [-0.15, -0.1) is 0 Å². The van der Waals surface area contributed by atoms with E-state index in [1.165, 1.54) is 24.3 Å². The first-order valence-corrected chi connectivity index (χ1v) is 6.96. The molecule has 0 aliphatic heterocycles. The van der Waals surface area contributed by atoms with E-state index in [0.717, 1.165) is 6.08 Å². The first kappa shape index (κ1) is 15.5. The van der Waals surface area contributed by atoms with Crippen LogP contribution in [0.5, 0.6) is 11.5 Å². The van der Waals surface area contributed by atoms with E-state index in [2.05, 4.69) is 15.9 Å². The van der Waals surface area contributed by atoms with Gasteiger partial charge in [-0.3, -0.25) is 0 Å². The van der Waals surface area contributed by atoms with Crippen LogP contribution in [0.25, 0.3) is 6.08 Å². The van der Waals surface area contributed by atoms with Crippen molar-refractivity contribution in [1.82, 2.24) is 0 Å². The number of benzene rings is 2. The highest BCUT2D eigenvalue weighted by Gasteiger charge is 2.08. The van der Waals surface area contributed by atoms with Crippen molar-refractivity contribution in [1.29, 1.82) is 0 Å². The molecule has 0 amide bonds. The molecule has 0 unspecified atom stereocenters. The number of aliphatic carboxylic acids is 1. The number of hydrogen-bond donors (Lipinski definition) is 1. The SMILES string of the molecule is O=C(O)/C=C/c1ccc(Cl)cc1Oc1ccc(F)cc1Br. The van der Waals surface area contributed by atoms with Gasteiger partial charge in [0.1, 0.15) is 17.3 Å². The molecular weight excluding hydrogens is 363 g/mol. The first-order chi connectivity index (χ1) is 9.95. The lowest BCUT2D eigenvalue weighted by Crippen LogP contribution is -1.91. The number of rotatable bonds is 4. The van der Waals surface area contributed by atoms with Crippen molar-refractivity contribution in [2.75, 3.05) is 0 Å². The topological polar surface area (TPSA) is 46.5 Å². The molecule has 0 aromatic heterocycles. The van der Waals surface area contributed by atoms with Crippen LogP contribution < -0.4 is 4.74 Å². The molecule has 0 spiro atoms. The van der Waals surface area contributed by atoms with Crippen LogP contribution in [0.1, 0.15) is 5.56 Å². The molecule has 2 rings (SSSR count). The van der Waals surface area contributed by atoms with Gasteiger partial charge in [0.05, 0.1) is 4.47 Å². The Kier molecular flexibility index (Phi) is 4.98. The van der Waals surface area contributed by atoms with E-state index in [1.54, 1.807) is 18.2 Å². The summed E-state index contributed by atoms with van der Waals surface area (Å²) in [5.74, 6) is -0.707. The molecule has 0 radical (unpaired) electrons. The number of carboxylic acid groups (broad SMARTS) is 1. The molecule has 0 atom stereocenters. The van der Waals surface area contributed by atoms with Gasteiger partial charge in [-0.25, -0.2) is 9.18 Å². The molecule has 0 fully saturated rings. The maximum Gasteiger partial charge on any atom is 0.328 e. The summed E-state index contributed by atoms with van der Waals surface area (Å²) in [7, 11) is 0. The minimum absolute atomic E-state index is 0.368. The molecule has 108 valence electrons. The number of carboxylic acids is 1. The van der Waals surface area contributed by atoms with E-state index in [1.807, 2.05) is 0 Å². The van der Waals surface area contributed by atoms with Crippen LogP contribution in [-0.4, -0.2) is 11.1 Å². The van der Waals surface area contributed by atoms with Crippen molar-refractivity contribution in [3.63, 3.8) is 0 Å². The minimum atomic E-state index is -1.07. The summed E-state index contributed by atoms with van der Waals surface area (Å²) in [5, 5.41) is 9.12. The van der Waals surface area contributed by atoms with Gasteiger partial charge in [0.2, 0.25) is 0 Å². The number of carbonyl (C=O) groups is 1. The number of halogens is 3. The highest BCUT2D eigenvalue weighted by atomic mass is 79.9. The Morgan fingerprint density at radius 3 is 2.67 bits per heavy atom. The summed E-state index contributed by atoms with van der Waals surface area (Å²) >= 11 is 9.12. The van der Waals surface area contributed by atoms with Crippen molar-refractivity contribution < 1.29 is 19.0 Å². The van der Waals surface area contributed by atoms with Crippen LogP contribution in [-0.2, 0) is 4.79 Å². The highest BCUT2D eigenvalue weighted by molar-refractivity contribution is 9.10. The standard InChI is InChI=1S/C15H9BrClFO3/c16-12-8-11(18)4-5-13(12)21-14-7-10(17)3-1-9(14)2-6-15(19)20/h1-8H,(H,19,20)/b6-2+. The van der Waals surface area contributed by atoms with Crippen LogP contribution in [0.4, 0.5) is 4.39 Å². The predicted molar refractivity (Wildman–Crippen MR) is 82.3 cm³/mol. The summed E-state index contributed by atoms with van der Waals surface area (Å²) in [6, 6.07) is 8.80. The van der Waals surface area contributed by atoms with Gasteiger partial charge in [0, 0.05) is 22.7 Å². The van der Waals surface area contributed by atoms with E-state index >= 15 is 0 Å². The molecule has 0 saturated carbocycles. The average molecular weight is 372 g/mol. The second-order valence-corrected chi connectivity index (χ2v) is 5.32. The van der Waals surface area contributed by atoms with Gasteiger partial charge < -0.3 is 9.84 Å². The Hall–Kier alpha value is -1.85. The summed E-state index contributed by atoms with van der Waals surface area (Å²) in [4.78, 5) is 10.6. The molecule has 0 aliphatic carbocycles. The van der Waals surface area contributed by atoms with Crippen molar-refractivity contribution >= 4 is 39.6 Å². The third-order valence-corrected chi connectivity index (χ3v) is 3.35. The van der Waals surface area contributed by atoms with Crippen LogP contribution in [0.2, 0.25) is 5.02 Å². The zero-order valence-electron chi connectivity index (χ0n) is 10.5. The van der Waals surface area contributed by atoms with E-state index < -0.39 is 11.8 Å². The molecule has 0 aliphatic rings. The zero-order valence-corrected chi connectivity index (χ0v) is 12.9. The molecule has 1 N–H and O–H groups in total. The molecular formula is C15H9BrClFO3. The van der Waals surface area contributed by atoms with E-state index in [-0.39, 0.29) is 0 Å². The van der Waals surface area contributed by atoms with Gasteiger partial charge >= 0.3 is 5.97 Å². The van der Waals surface area contributed by atoms with Gasteiger partial charge in [-0.1, -0.05) is 11.6 Å². The first-order valence-electron chi connectivity index (χ1n) is 5.79. The molecule has 21 heavy (non-hydrogen) atoms. The van der Waals surface area contributed by atoms with Crippen LogP contribution >= 0.6 is 27.5 Å². The van der Waals surface area contributed by atoms with Gasteiger partial charge in [0.15, 0.2) is 0 Å². The summed E-state index contributed by atoms with van der Waals surface area (Å²) in [6.45, 7) is 0. The highest BCUT2D eigenvalue weighted by Crippen LogP contribution is 2.34. The van der Waals surface area contributed by atoms with Gasteiger partial charge in [-0.2, -0.15) is 0 Å². The lowest BCUT2D eigenvalue weighted by atomic mass is 10.2. The molecule has 0 heterocycles. The van der Waals surface area contributed by atoms with Crippen LogP contribution in [0, 0.1) is 5.82 Å². The smallest absolute Gasteiger partial charge is 0.328 e. The largest absolute Gasteiger partial charge is 0.478 e. The third-order valence-electron chi connectivity index (χ3n) is 2.49. The Balaban J connectivity index is 2.38. The Morgan fingerprint density at radius 2 is 2.00 bits per heavy atom. The Bertz CT molecular complexity index is 716. The van der Waals surface area contributed by atoms with Crippen molar-refractivity contribution in [3.05, 3.63) is 63.4 Å².